The molecule has 0 aromatic heterocycles. The molecule has 0 spiro atoms. The fourth-order valence-corrected chi connectivity index (χ4v) is 3.26. The lowest BCUT2D eigenvalue weighted by molar-refractivity contribution is -0.00626. The Morgan fingerprint density at radius 1 is 1.32 bits per heavy atom. The largest absolute Gasteiger partial charge is 0.392 e. The Morgan fingerprint density at radius 2 is 2.05 bits per heavy atom. The molecule has 0 saturated heterocycles. The van der Waals surface area contributed by atoms with E-state index in [1.165, 1.54) is 0 Å². The lowest BCUT2D eigenvalue weighted by atomic mass is 9.65. The van der Waals surface area contributed by atoms with Crippen molar-refractivity contribution in [3.05, 3.63) is 35.9 Å². The molecule has 1 N–H and O–H groups in total. The molecule has 0 heterocycles. The van der Waals surface area contributed by atoms with Crippen LogP contribution in [-0.4, -0.2) is 17.0 Å². The van der Waals surface area contributed by atoms with Crippen molar-refractivity contribution in [1.29, 1.82) is 0 Å². The third-order valence-electron chi connectivity index (χ3n) is 4.45. The Bertz CT molecular complexity index is 413. The van der Waals surface area contributed by atoms with Gasteiger partial charge in [-0.3, -0.25) is 4.79 Å². The molecule has 1 aliphatic carbocycles. The second-order valence-corrected chi connectivity index (χ2v) is 5.72. The van der Waals surface area contributed by atoms with E-state index < -0.39 is 11.5 Å². The summed E-state index contributed by atoms with van der Waals surface area (Å²) in [5, 5.41) is 10.5. The number of aliphatic hydroxyl groups is 1. The molecule has 104 valence electrons. The van der Waals surface area contributed by atoms with Gasteiger partial charge in [0.25, 0.3) is 0 Å². The van der Waals surface area contributed by atoms with Gasteiger partial charge in [0.15, 0.2) is 5.78 Å². The van der Waals surface area contributed by atoms with Crippen molar-refractivity contribution >= 4 is 5.78 Å². The lowest BCUT2D eigenvalue weighted by Crippen LogP contribution is -2.45. The van der Waals surface area contributed by atoms with Gasteiger partial charge in [0, 0.05) is 5.56 Å². The van der Waals surface area contributed by atoms with Crippen LogP contribution in [0.1, 0.15) is 62.2 Å². The predicted octanol–water partition coefficient (Wildman–Crippen LogP) is 3.98. The molecule has 0 amide bonds. The van der Waals surface area contributed by atoms with Crippen LogP contribution < -0.4 is 0 Å². The molecule has 0 aliphatic heterocycles. The molecule has 2 unspecified atom stereocenters. The number of carbonyl (C=O) groups is 1. The smallest absolute Gasteiger partial charge is 0.171 e. The topological polar surface area (TPSA) is 37.3 Å². The first-order chi connectivity index (χ1) is 9.20. The summed E-state index contributed by atoms with van der Waals surface area (Å²) in [5.41, 5.74) is 0.217. The molecule has 0 bridgehead atoms. The molecule has 2 nitrogen and oxygen atoms in total. The SMILES string of the molecule is CCCCC1(C(=O)c2ccccc2)CCCCC1O. The van der Waals surface area contributed by atoms with Crippen LogP contribution in [0.5, 0.6) is 0 Å². The highest BCUT2D eigenvalue weighted by Crippen LogP contribution is 2.43. The van der Waals surface area contributed by atoms with Crippen molar-refractivity contribution in [1.82, 2.24) is 0 Å². The zero-order chi connectivity index (χ0) is 13.7. The Kier molecular flexibility index (Phi) is 4.76. The Morgan fingerprint density at radius 3 is 2.68 bits per heavy atom. The van der Waals surface area contributed by atoms with E-state index in [2.05, 4.69) is 6.92 Å². The number of hydrogen-bond acceptors (Lipinski definition) is 2. The standard InChI is InChI=1S/C17H24O2/c1-2-3-12-17(13-8-7-11-15(17)18)16(19)14-9-5-4-6-10-14/h4-6,9-10,15,18H,2-3,7-8,11-13H2,1H3. The maximum atomic E-state index is 12.9. The highest BCUT2D eigenvalue weighted by atomic mass is 16.3. The van der Waals surface area contributed by atoms with E-state index in [0.717, 1.165) is 50.5 Å². The van der Waals surface area contributed by atoms with Crippen molar-refractivity contribution in [2.75, 3.05) is 0 Å². The molecule has 19 heavy (non-hydrogen) atoms. The quantitative estimate of drug-likeness (QED) is 0.813. The van der Waals surface area contributed by atoms with Crippen LogP contribution in [0, 0.1) is 5.41 Å². The van der Waals surface area contributed by atoms with Gasteiger partial charge in [-0.25, -0.2) is 0 Å². The van der Waals surface area contributed by atoms with Crippen LogP contribution in [0.25, 0.3) is 0 Å². The molecule has 1 saturated carbocycles. The van der Waals surface area contributed by atoms with Gasteiger partial charge in [-0.05, 0) is 19.3 Å². The van der Waals surface area contributed by atoms with E-state index in [0.29, 0.717) is 0 Å². The Labute approximate surface area is 115 Å². The van der Waals surface area contributed by atoms with Crippen LogP contribution in [0.15, 0.2) is 30.3 Å². The van der Waals surface area contributed by atoms with Crippen molar-refractivity contribution < 1.29 is 9.90 Å². The van der Waals surface area contributed by atoms with Gasteiger partial charge in [-0.2, -0.15) is 0 Å². The van der Waals surface area contributed by atoms with Crippen LogP contribution in [0.4, 0.5) is 0 Å². The Balaban J connectivity index is 2.29. The molecule has 1 fully saturated rings. The van der Waals surface area contributed by atoms with E-state index in [1.54, 1.807) is 0 Å². The summed E-state index contributed by atoms with van der Waals surface area (Å²) in [6, 6.07) is 9.47. The summed E-state index contributed by atoms with van der Waals surface area (Å²) < 4.78 is 0. The number of Topliss-reactive ketones (excluding diaryl/α,β-unsaturated/α-hetero) is 1. The molecule has 1 aromatic rings. The highest BCUT2D eigenvalue weighted by Gasteiger charge is 2.45. The molecular weight excluding hydrogens is 236 g/mol. The maximum Gasteiger partial charge on any atom is 0.171 e. The molecule has 2 heteroatoms. The molecule has 1 aromatic carbocycles. The van der Waals surface area contributed by atoms with Gasteiger partial charge in [0.2, 0.25) is 0 Å². The summed E-state index contributed by atoms with van der Waals surface area (Å²) in [6.45, 7) is 2.13. The summed E-state index contributed by atoms with van der Waals surface area (Å²) in [6.07, 6.45) is 6.12. The van der Waals surface area contributed by atoms with E-state index in [4.69, 9.17) is 0 Å². The van der Waals surface area contributed by atoms with Gasteiger partial charge < -0.3 is 5.11 Å². The lowest BCUT2D eigenvalue weighted by Gasteiger charge is -2.40. The van der Waals surface area contributed by atoms with Crippen LogP contribution in [-0.2, 0) is 0 Å². The highest BCUT2D eigenvalue weighted by molar-refractivity contribution is 6.01. The zero-order valence-electron chi connectivity index (χ0n) is 11.8. The van der Waals surface area contributed by atoms with Crippen LogP contribution in [0.3, 0.4) is 0 Å². The molecule has 0 radical (unpaired) electrons. The van der Waals surface area contributed by atoms with Crippen molar-refractivity contribution in [3.8, 4) is 0 Å². The maximum absolute atomic E-state index is 12.9. The fraction of sp³-hybridized carbons (Fsp3) is 0.588. The number of hydrogen-bond donors (Lipinski definition) is 1. The first-order valence-corrected chi connectivity index (χ1v) is 7.48. The number of rotatable bonds is 5. The summed E-state index contributed by atoms with van der Waals surface area (Å²) in [5.74, 6) is 0.147. The number of ketones is 1. The van der Waals surface area contributed by atoms with Gasteiger partial charge in [0.05, 0.1) is 11.5 Å². The summed E-state index contributed by atoms with van der Waals surface area (Å²) >= 11 is 0. The van der Waals surface area contributed by atoms with Crippen LogP contribution >= 0.6 is 0 Å². The van der Waals surface area contributed by atoms with E-state index >= 15 is 0 Å². The summed E-state index contributed by atoms with van der Waals surface area (Å²) in [7, 11) is 0. The third kappa shape index (κ3) is 2.89. The average Bonchev–Trinajstić information content (AvgIpc) is 2.47. The molecule has 1 aliphatic rings. The summed E-state index contributed by atoms with van der Waals surface area (Å²) in [4.78, 5) is 12.9. The first kappa shape index (κ1) is 14.3. The number of aliphatic hydroxyl groups excluding tert-OH is 1. The van der Waals surface area contributed by atoms with Gasteiger partial charge in [-0.1, -0.05) is 62.9 Å². The minimum Gasteiger partial charge on any atom is -0.392 e. The number of carbonyl (C=O) groups excluding carboxylic acids is 1. The van der Waals surface area contributed by atoms with E-state index in [-0.39, 0.29) is 5.78 Å². The minimum absolute atomic E-state index is 0.147. The monoisotopic (exact) mass is 260 g/mol. The normalized spacial score (nSPS) is 27.2. The predicted molar refractivity (Wildman–Crippen MR) is 77.2 cm³/mol. The second kappa shape index (κ2) is 6.33. The van der Waals surface area contributed by atoms with Crippen molar-refractivity contribution in [2.45, 2.75) is 58.0 Å². The average molecular weight is 260 g/mol. The van der Waals surface area contributed by atoms with Gasteiger partial charge >= 0.3 is 0 Å². The van der Waals surface area contributed by atoms with Gasteiger partial charge in [0.1, 0.15) is 0 Å². The van der Waals surface area contributed by atoms with E-state index in [9.17, 15) is 9.90 Å². The molecule has 2 rings (SSSR count). The second-order valence-electron chi connectivity index (χ2n) is 5.72. The number of unbranched alkanes of at least 4 members (excludes halogenated alkanes) is 1. The minimum atomic E-state index is -0.532. The van der Waals surface area contributed by atoms with Crippen molar-refractivity contribution in [2.24, 2.45) is 5.41 Å². The first-order valence-electron chi connectivity index (χ1n) is 7.48. The Hall–Kier alpha value is -1.15. The zero-order valence-corrected chi connectivity index (χ0v) is 11.8. The number of benzene rings is 1. The van der Waals surface area contributed by atoms with E-state index in [1.807, 2.05) is 30.3 Å². The fourth-order valence-electron chi connectivity index (χ4n) is 3.26. The molecular formula is C17H24O2. The van der Waals surface area contributed by atoms with Crippen LogP contribution in [0.2, 0.25) is 0 Å². The van der Waals surface area contributed by atoms with Crippen molar-refractivity contribution in [3.63, 3.8) is 0 Å². The van der Waals surface area contributed by atoms with Gasteiger partial charge in [-0.15, -0.1) is 0 Å². The molecule has 2 atom stereocenters. The third-order valence-corrected chi connectivity index (χ3v) is 4.45.